The third kappa shape index (κ3) is 6.27. The number of hydrogen-bond donors (Lipinski definition) is 0. The molecular formula is C30H41NO6. The number of ether oxygens (including phenoxy) is 3. The third-order valence-electron chi connectivity index (χ3n) is 7.36. The van der Waals surface area contributed by atoms with Gasteiger partial charge >= 0.3 is 5.91 Å². The number of carboxylic acid groups (broad SMARTS) is 1. The zero-order valence-corrected chi connectivity index (χ0v) is 23.0. The number of rotatable bonds is 10. The number of carbonyl (C=O) groups excluding carboxylic acids is 2. The second-order valence-corrected chi connectivity index (χ2v) is 11.2. The summed E-state index contributed by atoms with van der Waals surface area (Å²) in [7, 11) is 4.74. The Labute approximate surface area is 220 Å². The van der Waals surface area contributed by atoms with E-state index < -0.39 is 12.0 Å². The van der Waals surface area contributed by atoms with Crippen LogP contribution in [0.1, 0.15) is 58.4 Å². The first-order valence-corrected chi connectivity index (χ1v) is 13.0. The van der Waals surface area contributed by atoms with Crippen LogP contribution < -0.4 is 23.8 Å². The van der Waals surface area contributed by atoms with Crippen molar-refractivity contribution < 1.29 is 28.9 Å². The fourth-order valence-corrected chi connectivity index (χ4v) is 5.78. The highest BCUT2D eigenvalue weighted by atomic mass is 16.5. The van der Waals surface area contributed by atoms with Gasteiger partial charge in [-0.3, -0.25) is 0 Å². The van der Waals surface area contributed by atoms with E-state index in [-0.39, 0.29) is 21.7 Å². The lowest BCUT2D eigenvalue weighted by Gasteiger charge is -2.49. The molecule has 1 aliphatic heterocycles. The predicted molar refractivity (Wildman–Crippen MR) is 143 cm³/mol. The summed E-state index contributed by atoms with van der Waals surface area (Å²) in [6, 6.07) is 12.3. The number of hydrogen-bond acceptors (Lipinski definition) is 6. The number of methoxy groups -OCH3 is 3. The largest absolute Gasteiger partial charge is 0.544 e. The molecule has 0 aromatic heterocycles. The molecule has 0 aliphatic carbocycles. The number of amides is 1. The van der Waals surface area contributed by atoms with Gasteiger partial charge in [0.25, 0.3) is 0 Å². The highest BCUT2D eigenvalue weighted by Crippen LogP contribution is 2.42. The zero-order valence-electron chi connectivity index (χ0n) is 23.0. The lowest BCUT2D eigenvalue weighted by molar-refractivity contribution is -0.313. The van der Waals surface area contributed by atoms with Crippen molar-refractivity contribution in [3.05, 3.63) is 48.0 Å². The fraction of sp³-hybridized carbons (Fsp3) is 0.533. The van der Waals surface area contributed by atoms with E-state index in [4.69, 9.17) is 14.2 Å². The zero-order chi connectivity index (χ0) is 27.2. The topological polar surface area (TPSA) is 84.9 Å². The van der Waals surface area contributed by atoms with Crippen molar-refractivity contribution in [1.82, 2.24) is 4.48 Å². The SMILES string of the molecule is COc1cc(CCCC2CCC[N@+](C(=O)CC(C)(C)C)(c3ccccc3)C2C(=O)[O-])cc(OC)c1OC. The van der Waals surface area contributed by atoms with E-state index in [0.717, 1.165) is 30.5 Å². The van der Waals surface area contributed by atoms with Gasteiger partial charge in [-0.05, 0) is 67.3 Å². The third-order valence-corrected chi connectivity index (χ3v) is 7.36. The van der Waals surface area contributed by atoms with Crippen LogP contribution in [0.15, 0.2) is 42.5 Å². The van der Waals surface area contributed by atoms with E-state index in [9.17, 15) is 14.7 Å². The normalized spacial score (nSPS) is 21.8. The lowest BCUT2D eigenvalue weighted by Crippen LogP contribution is -2.71. The minimum atomic E-state index is -1.15. The molecular weight excluding hydrogens is 470 g/mol. The molecule has 7 heteroatoms. The van der Waals surface area contributed by atoms with Crippen molar-refractivity contribution in [2.75, 3.05) is 27.9 Å². The van der Waals surface area contributed by atoms with Gasteiger partial charge in [0.2, 0.25) is 5.75 Å². The van der Waals surface area contributed by atoms with Gasteiger partial charge in [-0.2, -0.15) is 0 Å². The van der Waals surface area contributed by atoms with Crippen LogP contribution in [-0.4, -0.2) is 45.8 Å². The molecule has 1 fully saturated rings. The van der Waals surface area contributed by atoms with Gasteiger partial charge in [-0.25, -0.2) is 9.28 Å². The molecule has 0 N–H and O–H groups in total. The number of aliphatic carboxylic acids is 1. The summed E-state index contributed by atoms with van der Waals surface area (Å²) in [6.07, 6.45) is 3.98. The summed E-state index contributed by atoms with van der Waals surface area (Å²) in [6.45, 7) is 6.51. The van der Waals surface area contributed by atoms with E-state index in [1.807, 2.05) is 63.2 Å². The first kappa shape index (κ1) is 28.5. The van der Waals surface area contributed by atoms with E-state index in [1.165, 1.54) is 0 Å². The molecule has 1 aliphatic rings. The molecule has 0 spiro atoms. The van der Waals surface area contributed by atoms with Crippen LogP contribution in [0.3, 0.4) is 0 Å². The van der Waals surface area contributed by atoms with Crippen LogP contribution in [0.5, 0.6) is 17.2 Å². The summed E-state index contributed by atoms with van der Waals surface area (Å²) in [5, 5.41) is 12.8. The molecule has 7 nitrogen and oxygen atoms in total. The minimum absolute atomic E-state index is 0.0535. The second kappa shape index (κ2) is 12.0. The Hall–Kier alpha value is -3.06. The van der Waals surface area contributed by atoms with Crippen LogP contribution in [0.25, 0.3) is 0 Å². The maximum absolute atomic E-state index is 13.9. The fourth-order valence-electron chi connectivity index (χ4n) is 5.78. The Kier molecular flexibility index (Phi) is 9.24. The number of likely N-dealkylation sites (tertiary alicyclic amines) is 1. The number of piperidine rings is 1. The summed E-state index contributed by atoms with van der Waals surface area (Å²) in [5.74, 6) is 0.348. The number of benzene rings is 2. The van der Waals surface area contributed by atoms with Crippen LogP contribution in [-0.2, 0) is 16.0 Å². The second-order valence-electron chi connectivity index (χ2n) is 11.2. The van der Waals surface area contributed by atoms with Crippen LogP contribution >= 0.6 is 0 Å². The Morgan fingerprint density at radius 1 is 1.00 bits per heavy atom. The number of nitrogens with zero attached hydrogens (tertiary/aromatic N) is 1. The quantitative estimate of drug-likeness (QED) is 0.436. The van der Waals surface area contributed by atoms with Gasteiger partial charge in [-0.1, -0.05) is 39.0 Å². The number of para-hydroxylation sites is 1. The standard InChI is InChI=1S/C30H41NO6/c1-30(2,3)20-26(32)31(23-15-8-7-9-16-23)17-11-14-22(27(31)29(33)34)13-10-12-21-18-24(35-4)28(37-6)25(19-21)36-5/h7-9,15-16,18-19,22,27H,10-14,17,20H2,1-6H3/t22?,27?,31-/m1/s1. The number of carboxylic acids is 1. The van der Waals surface area contributed by atoms with Gasteiger partial charge in [-0.15, -0.1) is 0 Å². The van der Waals surface area contributed by atoms with E-state index in [2.05, 4.69) is 0 Å². The van der Waals surface area contributed by atoms with Crippen LogP contribution in [0.4, 0.5) is 5.69 Å². The summed E-state index contributed by atoms with van der Waals surface area (Å²) < 4.78 is 16.2. The Morgan fingerprint density at radius 2 is 1.62 bits per heavy atom. The van der Waals surface area contributed by atoms with E-state index in [1.54, 1.807) is 21.3 Å². The molecule has 1 saturated heterocycles. The number of carbonyl (C=O) groups is 2. The van der Waals surface area contributed by atoms with Crippen molar-refractivity contribution >= 4 is 17.6 Å². The molecule has 202 valence electrons. The first-order chi connectivity index (χ1) is 17.6. The predicted octanol–water partition coefficient (Wildman–Crippen LogP) is 4.53. The van der Waals surface area contributed by atoms with Gasteiger partial charge in [0.15, 0.2) is 11.5 Å². The van der Waals surface area contributed by atoms with E-state index >= 15 is 0 Å². The number of quaternary nitrogens is 1. The van der Waals surface area contributed by atoms with Crippen molar-refractivity contribution in [2.45, 2.75) is 65.3 Å². The van der Waals surface area contributed by atoms with Crippen molar-refractivity contribution in [2.24, 2.45) is 11.3 Å². The monoisotopic (exact) mass is 511 g/mol. The molecule has 1 amide bonds. The van der Waals surface area contributed by atoms with E-state index in [0.29, 0.717) is 43.1 Å². The maximum Gasteiger partial charge on any atom is 0.319 e. The van der Waals surface area contributed by atoms with Crippen molar-refractivity contribution in [3.8, 4) is 17.2 Å². The average molecular weight is 512 g/mol. The maximum atomic E-state index is 13.9. The summed E-state index contributed by atoms with van der Waals surface area (Å²) in [4.78, 5) is 26.7. The average Bonchev–Trinajstić information content (AvgIpc) is 2.87. The van der Waals surface area contributed by atoms with Gasteiger partial charge < -0.3 is 24.1 Å². The van der Waals surface area contributed by atoms with Crippen LogP contribution in [0, 0.1) is 11.3 Å². The van der Waals surface area contributed by atoms with Crippen LogP contribution in [0.2, 0.25) is 0 Å². The first-order valence-electron chi connectivity index (χ1n) is 13.0. The molecule has 0 bridgehead atoms. The molecule has 37 heavy (non-hydrogen) atoms. The molecule has 0 radical (unpaired) electrons. The number of aryl methyl sites for hydroxylation is 1. The van der Waals surface area contributed by atoms with Gasteiger partial charge in [0.05, 0.1) is 34.3 Å². The molecule has 2 unspecified atom stereocenters. The molecule has 1 heterocycles. The molecule has 2 aromatic carbocycles. The summed E-state index contributed by atoms with van der Waals surface area (Å²) in [5.41, 5.74) is 1.50. The highest BCUT2D eigenvalue weighted by Gasteiger charge is 2.52. The lowest BCUT2D eigenvalue weighted by atomic mass is 9.80. The van der Waals surface area contributed by atoms with Gasteiger partial charge in [0.1, 0.15) is 17.7 Å². The smallest absolute Gasteiger partial charge is 0.319 e. The molecule has 3 atom stereocenters. The van der Waals surface area contributed by atoms with Crippen molar-refractivity contribution in [3.63, 3.8) is 0 Å². The highest BCUT2D eigenvalue weighted by molar-refractivity contribution is 5.94. The molecule has 2 aromatic rings. The molecule has 3 rings (SSSR count). The Balaban J connectivity index is 1.90. The minimum Gasteiger partial charge on any atom is -0.544 e. The summed E-state index contributed by atoms with van der Waals surface area (Å²) >= 11 is 0. The van der Waals surface area contributed by atoms with Crippen molar-refractivity contribution in [1.29, 1.82) is 0 Å². The Bertz CT molecular complexity index is 1050. The van der Waals surface area contributed by atoms with Gasteiger partial charge in [0, 0.05) is 5.92 Å². The Morgan fingerprint density at radius 3 is 2.14 bits per heavy atom. The molecule has 0 saturated carbocycles.